The molecule has 2 aromatic rings. The van der Waals surface area contributed by atoms with Gasteiger partial charge in [0.05, 0.1) is 6.42 Å². The Bertz CT molecular complexity index is 560. The van der Waals surface area contributed by atoms with Crippen LogP contribution in [0, 0.1) is 0 Å². The quantitative estimate of drug-likeness (QED) is 0.835. The second-order valence-corrected chi connectivity index (χ2v) is 4.75. The second kappa shape index (κ2) is 5.27. The highest BCUT2D eigenvalue weighted by Crippen LogP contribution is 2.17. The highest BCUT2D eigenvalue weighted by molar-refractivity contribution is 6.30. The smallest absolute Gasteiger partial charge is 0.228 e. The zero-order valence-electron chi connectivity index (χ0n) is 10.4. The fourth-order valence-corrected chi connectivity index (χ4v) is 1.94. The van der Waals surface area contributed by atoms with Crippen molar-refractivity contribution in [1.29, 1.82) is 0 Å². The maximum absolute atomic E-state index is 11.7. The van der Waals surface area contributed by atoms with Gasteiger partial charge in [0.25, 0.3) is 0 Å². The largest absolute Gasteiger partial charge is 0.348 e. The van der Waals surface area contributed by atoms with Crippen LogP contribution in [0.15, 0.2) is 42.6 Å². The summed E-state index contributed by atoms with van der Waals surface area (Å²) in [6.45, 7) is 0. The number of carbonyl (C=O) groups is 1. The van der Waals surface area contributed by atoms with E-state index in [4.69, 9.17) is 11.6 Å². The van der Waals surface area contributed by atoms with Crippen LogP contribution in [0.2, 0.25) is 5.02 Å². The fourth-order valence-electron chi connectivity index (χ4n) is 1.75. The lowest BCUT2D eigenvalue weighted by Gasteiger charge is -2.13. The van der Waals surface area contributed by atoms with E-state index in [1.807, 2.05) is 47.2 Å². The molecule has 0 saturated carbocycles. The van der Waals surface area contributed by atoms with Gasteiger partial charge in [0.1, 0.15) is 0 Å². The molecule has 1 aromatic carbocycles. The molecule has 0 aliphatic carbocycles. The van der Waals surface area contributed by atoms with Crippen molar-refractivity contribution in [2.75, 3.05) is 14.1 Å². The van der Waals surface area contributed by atoms with E-state index in [1.165, 1.54) is 0 Å². The molecule has 3 nitrogen and oxygen atoms in total. The number of amides is 1. The van der Waals surface area contributed by atoms with Gasteiger partial charge in [-0.3, -0.25) is 4.79 Å². The summed E-state index contributed by atoms with van der Waals surface area (Å²) in [6, 6.07) is 11.5. The molecule has 0 bridgehead atoms. The Labute approximate surface area is 112 Å². The van der Waals surface area contributed by atoms with Crippen LogP contribution in [-0.4, -0.2) is 29.5 Å². The van der Waals surface area contributed by atoms with Crippen molar-refractivity contribution < 1.29 is 4.79 Å². The first kappa shape index (κ1) is 12.7. The molecule has 94 valence electrons. The van der Waals surface area contributed by atoms with Crippen LogP contribution in [0.5, 0.6) is 0 Å². The van der Waals surface area contributed by atoms with Gasteiger partial charge in [-0.1, -0.05) is 17.7 Å². The summed E-state index contributed by atoms with van der Waals surface area (Å²) in [5, 5.41) is 0.686. The molecule has 0 aliphatic heterocycles. The van der Waals surface area contributed by atoms with Crippen molar-refractivity contribution in [2.45, 2.75) is 6.42 Å². The van der Waals surface area contributed by atoms with Crippen molar-refractivity contribution in [3.63, 3.8) is 0 Å². The van der Waals surface area contributed by atoms with Crippen LogP contribution >= 0.6 is 11.6 Å². The second-order valence-electron chi connectivity index (χ2n) is 4.31. The number of benzene rings is 1. The summed E-state index contributed by atoms with van der Waals surface area (Å²) in [5.41, 5.74) is 1.92. The lowest BCUT2D eigenvalue weighted by molar-refractivity contribution is -0.128. The Morgan fingerprint density at radius 2 is 2.06 bits per heavy atom. The number of hydrogen-bond acceptors (Lipinski definition) is 1. The van der Waals surface area contributed by atoms with Gasteiger partial charge < -0.3 is 9.47 Å². The Hall–Kier alpha value is -1.74. The average Bonchev–Trinajstić information content (AvgIpc) is 2.77. The number of nitrogens with zero attached hydrogens (tertiary/aromatic N) is 2. The topological polar surface area (TPSA) is 25.2 Å². The number of aromatic nitrogens is 1. The van der Waals surface area contributed by atoms with Gasteiger partial charge in [-0.05, 0) is 30.3 Å². The molecule has 0 saturated heterocycles. The minimum absolute atomic E-state index is 0.0805. The standard InChI is InChI=1S/C14H15ClN2O/c1-16(2)14(18)10-13-7-4-8-17(13)12-6-3-5-11(15)9-12/h3-9H,10H2,1-2H3. The molecule has 1 aromatic heterocycles. The average molecular weight is 263 g/mol. The predicted molar refractivity (Wildman–Crippen MR) is 73.2 cm³/mol. The van der Waals surface area contributed by atoms with Gasteiger partial charge in [0.2, 0.25) is 5.91 Å². The molecule has 1 heterocycles. The van der Waals surface area contributed by atoms with E-state index < -0.39 is 0 Å². The van der Waals surface area contributed by atoms with E-state index in [9.17, 15) is 4.79 Å². The molecule has 0 N–H and O–H groups in total. The lowest BCUT2D eigenvalue weighted by Crippen LogP contribution is -2.24. The highest BCUT2D eigenvalue weighted by Gasteiger charge is 2.10. The molecule has 1 amide bonds. The van der Waals surface area contributed by atoms with Gasteiger partial charge in [-0.15, -0.1) is 0 Å². The minimum Gasteiger partial charge on any atom is -0.348 e. The molecule has 0 fully saturated rings. The third-order valence-electron chi connectivity index (χ3n) is 2.75. The van der Waals surface area contributed by atoms with Crippen LogP contribution in [0.1, 0.15) is 5.69 Å². The molecule has 0 spiro atoms. The maximum atomic E-state index is 11.7. The van der Waals surface area contributed by atoms with Crippen molar-refractivity contribution >= 4 is 17.5 Å². The third-order valence-corrected chi connectivity index (χ3v) is 2.99. The molecule has 0 unspecified atom stereocenters. The first-order valence-electron chi connectivity index (χ1n) is 5.70. The molecule has 0 atom stereocenters. The van der Waals surface area contributed by atoms with Crippen molar-refractivity contribution in [3.8, 4) is 5.69 Å². The van der Waals surface area contributed by atoms with E-state index in [0.717, 1.165) is 11.4 Å². The normalized spacial score (nSPS) is 10.4. The zero-order valence-corrected chi connectivity index (χ0v) is 11.2. The number of likely N-dealkylation sites (N-methyl/N-ethyl adjacent to an activating group) is 1. The Kier molecular flexibility index (Phi) is 3.72. The number of carbonyl (C=O) groups excluding carboxylic acids is 1. The Morgan fingerprint density at radius 3 is 2.72 bits per heavy atom. The minimum atomic E-state index is 0.0805. The highest BCUT2D eigenvalue weighted by atomic mass is 35.5. The summed E-state index contributed by atoms with van der Waals surface area (Å²) < 4.78 is 1.98. The van der Waals surface area contributed by atoms with Crippen LogP contribution in [0.4, 0.5) is 0 Å². The van der Waals surface area contributed by atoms with E-state index in [-0.39, 0.29) is 5.91 Å². The van der Waals surface area contributed by atoms with Gasteiger partial charge in [0, 0.05) is 36.7 Å². The van der Waals surface area contributed by atoms with Crippen molar-refractivity contribution in [2.24, 2.45) is 0 Å². The summed E-state index contributed by atoms with van der Waals surface area (Å²) in [6.07, 6.45) is 2.32. The number of hydrogen-bond donors (Lipinski definition) is 0. The van der Waals surface area contributed by atoms with Crippen molar-refractivity contribution in [1.82, 2.24) is 9.47 Å². The van der Waals surface area contributed by atoms with E-state index in [1.54, 1.807) is 19.0 Å². The molecule has 18 heavy (non-hydrogen) atoms. The van der Waals surface area contributed by atoms with Gasteiger partial charge >= 0.3 is 0 Å². The Morgan fingerprint density at radius 1 is 1.28 bits per heavy atom. The first-order chi connectivity index (χ1) is 8.58. The van der Waals surface area contributed by atoms with E-state index in [0.29, 0.717) is 11.4 Å². The molecule has 0 aliphatic rings. The fraction of sp³-hybridized carbons (Fsp3) is 0.214. The van der Waals surface area contributed by atoms with Gasteiger partial charge in [0.15, 0.2) is 0 Å². The van der Waals surface area contributed by atoms with E-state index >= 15 is 0 Å². The zero-order chi connectivity index (χ0) is 13.1. The predicted octanol–water partition coefficient (Wildman–Crippen LogP) is 2.76. The number of halogens is 1. The summed E-state index contributed by atoms with van der Waals surface area (Å²) >= 11 is 5.98. The molecule has 4 heteroatoms. The monoisotopic (exact) mass is 262 g/mol. The Balaban J connectivity index is 2.30. The molecular weight excluding hydrogens is 248 g/mol. The van der Waals surface area contributed by atoms with Crippen molar-refractivity contribution in [3.05, 3.63) is 53.3 Å². The first-order valence-corrected chi connectivity index (χ1v) is 6.08. The summed E-state index contributed by atoms with van der Waals surface area (Å²) in [7, 11) is 3.52. The molecule has 2 rings (SSSR count). The van der Waals surface area contributed by atoms with Gasteiger partial charge in [-0.2, -0.15) is 0 Å². The molecular formula is C14H15ClN2O. The summed E-state index contributed by atoms with van der Waals surface area (Å²) in [5.74, 6) is 0.0805. The van der Waals surface area contributed by atoms with Gasteiger partial charge in [-0.25, -0.2) is 0 Å². The van der Waals surface area contributed by atoms with Crippen LogP contribution in [0.25, 0.3) is 5.69 Å². The lowest BCUT2D eigenvalue weighted by atomic mass is 10.2. The van der Waals surface area contributed by atoms with E-state index in [2.05, 4.69) is 0 Å². The van der Waals surface area contributed by atoms with Crippen LogP contribution < -0.4 is 0 Å². The van der Waals surface area contributed by atoms with Crippen LogP contribution in [-0.2, 0) is 11.2 Å². The van der Waals surface area contributed by atoms with Crippen LogP contribution in [0.3, 0.4) is 0 Å². The molecule has 0 radical (unpaired) electrons. The summed E-state index contributed by atoms with van der Waals surface area (Å²) in [4.78, 5) is 13.3. The maximum Gasteiger partial charge on any atom is 0.228 e. The SMILES string of the molecule is CN(C)C(=O)Cc1cccn1-c1cccc(Cl)c1. The number of rotatable bonds is 3. The third kappa shape index (κ3) is 2.74.